The molecule has 2 atom stereocenters. The van der Waals surface area contributed by atoms with Gasteiger partial charge in [-0.15, -0.1) is 0 Å². The third-order valence-corrected chi connectivity index (χ3v) is 4.91. The van der Waals surface area contributed by atoms with Crippen LogP contribution in [0, 0.1) is 0 Å². The van der Waals surface area contributed by atoms with E-state index in [9.17, 15) is 19.2 Å². The lowest BCUT2D eigenvalue weighted by Crippen LogP contribution is -2.26. The van der Waals surface area contributed by atoms with Crippen molar-refractivity contribution in [2.75, 3.05) is 13.2 Å². The van der Waals surface area contributed by atoms with E-state index >= 15 is 0 Å². The van der Waals surface area contributed by atoms with Crippen molar-refractivity contribution in [1.82, 2.24) is 0 Å². The van der Waals surface area contributed by atoms with Crippen molar-refractivity contribution in [2.24, 2.45) is 0 Å². The van der Waals surface area contributed by atoms with E-state index in [4.69, 9.17) is 28.4 Å². The predicted molar refractivity (Wildman–Crippen MR) is 111 cm³/mol. The average molecular weight is 456 g/mol. The van der Waals surface area contributed by atoms with Crippen molar-refractivity contribution in [2.45, 2.75) is 77.4 Å². The number of rotatable bonds is 10. The minimum absolute atomic E-state index is 0.233. The highest BCUT2D eigenvalue weighted by Crippen LogP contribution is 2.34. The van der Waals surface area contributed by atoms with E-state index in [1.807, 2.05) is 0 Å². The van der Waals surface area contributed by atoms with E-state index in [0.29, 0.717) is 63.3 Å². The molecule has 0 bridgehead atoms. The van der Waals surface area contributed by atoms with Gasteiger partial charge in [-0.2, -0.15) is 0 Å². The van der Waals surface area contributed by atoms with Crippen LogP contribution >= 0.6 is 0 Å². The van der Waals surface area contributed by atoms with Gasteiger partial charge < -0.3 is 28.4 Å². The van der Waals surface area contributed by atoms with Gasteiger partial charge in [0, 0.05) is 12.8 Å². The topological polar surface area (TPSA) is 124 Å². The third kappa shape index (κ3) is 8.24. The van der Waals surface area contributed by atoms with Crippen molar-refractivity contribution in [3.63, 3.8) is 0 Å². The summed E-state index contributed by atoms with van der Waals surface area (Å²) in [5.74, 6) is 0.144. The molecular formula is C22H32O10. The molecule has 32 heavy (non-hydrogen) atoms. The van der Waals surface area contributed by atoms with Crippen LogP contribution in [0.5, 0.6) is 0 Å². The van der Waals surface area contributed by atoms with Gasteiger partial charge in [-0.05, 0) is 39.5 Å². The Labute approximate surface area is 187 Å². The molecule has 10 heteroatoms. The molecule has 0 saturated carbocycles. The zero-order valence-corrected chi connectivity index (χ0v) is 19.2. The fraction of sp³-hybridized carbons (Fsp3) is 0.636. The minimum Gasteiger partial charge on any atom is -0.466 e. The average Bonchev–Trinajstić information content (AvgIpc) is 3.14. The largest absolute Gasteiger partial charge is 0.514 e. The summed E-state index contributed by atoms with van der Waals surface area (Å²) < 4.78 is 29.2. The van der Waals surface area contributed by atoms with E-state index < -0.39 is 23.5 Å². The maximum absolute atomic E-state index is 10.9. The molecule has 0 aromatic carbocycles. The fourth-order valence-corrected chi connectivity index (χ4v) is 2.72. The molecule has 2 rings (SSSR count). The Balaban J connectivity index is 0.000000320. The normalized spacial score (nSPS) is 23.9. The molecule has 2 fully saturated rings. The minimum atomic E-state index is -0.796. The summed E-state index contributed by atoms with van der Waals surface area (Å²) in [6.07, 6.45) is 1.51. The van der Waals surface area contributed by atoms with Crippen LogP contribution in [-0.4, -0.2) is 48.7 Å². The Kier molecular flexibility index (Phi) is 10.2. The van der Waals surface area contributed by atoms with Crippen LogP contribution < -0.4 is 0 Å². The van der Waals surface area contributed by atoms with Crippen LogP contribution in [0.2, 0.25) is 0 Å². The second-order valence-electron chi connectivity index (χ2n) is 7.57. The van der Waals surface area contributed by atoms with Gasteiger partial charge in [0.1, 0.15) is 11.5 Å². The molecule has 2 aliphatic rings. The second-order valence-corrected chi connectivity index (χ2v) is 7.57. The first-order valence-corrected chi connectivity index (χ1v) is 10.5. The van der Waals surface area contributed by atoms with Crippen LogP contribution in [0.3, 0.4) is 0 Å². The third-order valence-electron chi connectivity index (χ3n) is 4.91. The monoisotopic (exact) mass is 456 g/mol. The van der Waals surface area contributed by atoms with Crippen molar-refractivity contribution in [3.05, 3.63) is 24.7 Å². The molecule has 0 N–H and O–H groups in total. The molecule has 2 unspecified atom stereocenters. The Bertz CT molecular complexity index is 681. The number of ether oxygens (including phenoxy) is 6. The molecule has 10 nitrogen and oxygen atoms in total. The van der Waals surface area contributed by atoms with Crippen LogP contribution in [0.4, 0.5) is 9.59 Å². The number of esters is 2. The van der Waals surface area contributed by atoms with Crippen molar-refractivity contribution in [3.8, 4) is 0 Å². The van der Waals surface area contributed by atoms with Crippen molar-refractivity contribution < 1.29 is 47.6 Å². The SMILES string of the molecule is C=C1OC(=O)OC1(C)CCCOC(=O)CC.C=C1OC(=O)OC1(C)CCCOC(=O)CC. The predicted octanol–water partition coefficient (Wildman–Crippen LogP) is 4.32. The van der Waals surface area contributed by atoms with Gasteiger partial charge in [0.25, 0.3) is 0 Å². The first-order valence-electron chi connectivity index (χ1n) is 10.5. The first kappa shape index (κ1) is 27.0. The molecule has 0 radical (unpaired) electrons. The summed E-state index contributed by atoms with van der Waals surface area (Å²) in [4.78, 5) is 43.4. The molecule has 0 aliphatic carbocycles. The number of carbonyl (C=O) groups excluding carboxylic acids is 4. The van der Waals surface area contributed by atoms with E-state index in [1.54, 1.807) is 27.7 Å². The molecule has 0 aromatic rings. The molecule has 2 aliphatic heterocycles. The van der Waals surface area contributed by atoms with Gasteiger partial charge in [0.05, 0.1) is 13.2 Å². The highest BCUT2D eigenvalue weighted by Gasteiger charge is 2.42. The first-order chi connectivity index (χ1) is 15.0. The lowest BCUT2D eigenvalue weighted by molar-refractivity contribution is -0.144. The summed E-state index contributed by atoms with van der Waals surface area (Å²) in [7, 11) is 0. The smallest absolute Gasteiger partial charge is 0.466 e. The van der Waals surface area contributed by atoms with Gasteiger partial charge >= 0.3 is 24.2 Å². The molecule has 180 valence electrons. The van der Waals surface area contributed by atoms with Gasteiger partial charge in [0.15, 0.2) is 11.2 Å². The summed E-state index contributed by atoms with van der Waals surface area (Å²) in [6.45, 7) is 14.8. The maximum Gasteiger partial charge on any atom is 0.514 e. The summed E-state index contributed by atoms with van der Waals surface area (Å²) in [6, 6.07) is 0. The number of hydrogen-bond donors (Lipinski definition) is 0. The fourth-order valence-electron chi connectivity index (χ4n) is 2.72. The molecule has 0 spiro atoms. The van der Waals surface area contributed by atoms with E-state index in [-0.39, 0.29) is 11.9 Å². The summed E-state index contributed by atoms with van der Waals surface area (Å²) >= 11 is 0. The lowest BCUT2D eigenvalue weighted by Gasteiger charge is -2.19. The molecule has 2 heterocycles. The van der Waals surface area contributed by atoms with Crippen LogP contribution in [0.15, 0.2) is 24.7 Å². The molecule has 0 aromatic heterocycles. The Hall–Kier alpha value is -3.04. The highest BCUT2D eigenvalue weighted by atomic mass is 16.8. The van der Waals surface area contributed by atoms with E-state index in [1.165, 1.54) is 0 Å². The second kappa shape index (κ2) is 12.1. The summed E-state index contributed by atoms with van der Waals surface area (Å²) in [5, 5.41) is 0. The van der Waals surface area contributed by atoms with Crippen LogP contribution in [0.25, 0.3) is 0 Å². The van der Waals surface area contributed by atoms with Gasteiger partial charge in [-0.1, -0.05) is 27.0 Å². The molecular weight excluding hydrogens is 424 g/mol. The van der Waals surface area contributed by atoms with Crippen LogP contribution in [-0.2, 0) is 38.0 Å². The zero-order valence-electron chi connectivity index (χ0n) is 19.2. The zero-order chi connectivity index (χ0) is 24.4. The Morgan fingerprint density at radius 3 is 1.38 bits per heavy atom. The standard InChI is InChI=1S/2C11H16O5/c2*1-4-9(12)14-7-5-6-11(3)8(2)15-10(13)16-11/h2*2,4-7H2,1,3H3. The lowest BCUT2D eigenvalue weighted by atomic mass is 9.99. The van der Waals surface area contributed by atoms with Crippen molar-refractivity contribution in [1.29, 1.82) is 0 Å². The number of cyclic esters (lactones) is 4. The number of hydrogen-bond acceptors (Lipinski definition) is 10. The summed E-state index contributed by atoms with van der Waals surface area (Å²) in [5.41, 5.74) is -1.59. The van der Waals surface area contributed by atoms with Gasteiger partial charge in [-0.3, -0.25) is 9.59 Å². The van der Waals surface area contributed by atoms with Gasteiger partial charge in [0.2, 0.25) is 0 Å². The van der Waals surface area contributed by atoms with Crippen molar-refractivity contribution >= 4 is 24.2 Å². The van der Waals surface area contributed by atoms with Gasteiger partial charge in [-0.25, -0.2) is 9.59 Å². The van der Waals surface area contributed by atoms with E-state index in [0.717, 1.165) is 0 Å². The Morgan fingerprint density at radius 1 is 0.781 bits per heavy atom. The highest BCUT2D eigenvalue weighted by molar-refractivity contribution is 5.69. The molecule has 0 amide bonds. The van der Waals surface area contributed by atoms with Crippen LogP contribution in [0.1, 0.15) is 66.2 Å². The number of carbonyl (C=O) groups is 4. The van der Waals surface area contributed by atoms with E-state index in [2.05, 4.69) is 13.2 Å². The quantitative estimate of drug-likeness (QED) is 0.267. The maximum atomic E-state index is 10.9. The molecule has 2 saturated heterocycles. The Morgan fingerprint density at radius 2 is 1.12 bits per heavy atom.